The molecule has 2 aromatic carbocycles. The molecule has 0 spiro atoms. The van der Waals surface area contributed by atoms with Crippen LogP contribution in [0.3, 0.4) is 0 Å². The van der Waals surface area contributed by atoms with Gasteiger partial charge in [0, 0.05) is 10.9 Å². The van der Waals surface area contributed by atoms with Gasteiger partial charge in [-0.05, 0) is 60.7 Å². The van der Waals surface area contributed by atoms with Gasteiger partial charge in [0.2, 0.25) is 0 Å². The lowest BCUT2D eigenvalue weighted by Crippen LogP contribution is -2.32. The highest BCUT2D eigenvalue weighted by Crippen LogP contribution is 2.38. The van der Waals surface area contributed by atoms with Crippen LogP contribution in [0.1, 0.15) is 16.0 Å². The van der Waals surface area contributed by atoms with Crippen molar-refractivity contribution in [1.82, 2.24) is 0 Å². The molecule has 3 aromatic rings. The molecule has 0 saturated carbocycles. The number of ether oxygens (including phenoxy) is 2. The molecule has 0 radical (unpaired) electrons. The van der Waals surface area contributed by atoms with Crippen molar-refractivity contribution in [2.75, 3.05) is 24.4 Å². The van der Waals surface area contributed by atoms with Gasteiger partial charge in [-0.1, -0.05) is 12.1 Å². The van der Waals surface area contributed by atoms with E-state index in [9.17, 15) is 9.59 Å². The van der Waals surface area contributed by atoms with E-state index in [0.29, 0.717) is 33.3 Å². The number of imide groups is 1. The Hall–Kier alpha value is -3.58. The smallest absolute Gasteiger partial charge is 0.282 e. The van der Waals surface area contributed by atoms with Crippen LogP contribution in [0.2, 0.25) is 0 Å². The van der Waals surface area contributed by atoms with Gasteiger partial charge in [0.25, 0.3) is 11.8 Å². The number of carbonyl (C=O) groups is 2. The minimum atomic E-state index is -0.415. The minimum absolute atomic E-state index is 0.206. The fourth-order valence-electron chi connectivity index (χ4n) is 3.44. The summed E-state index contributed by atoms with van der Waals surface area (Å²) in [6, 6.07) is 14.5. The summed E-state index contributed by atoms with van der Waals surface area (Å²) in [6.45, 7) is 3.95. The molecule has 1 aliphatic heterocycles. The number of nitrogens with zero attached hydrogens (tertiary/aromatic N) is 1. The van der Waals surface area contributed by atoms with Crippen LogP contribution in [0.25, 0.3) is 5.57 Å². The molecule has 6 nitrogen and oxygen atoms in total. The molecule has 0 aliphatic carbocycles. The third-order valence-corrected chi connectivity index (χ3v) is 6.15. The number of thiophene rings is 1. The zero-order valence-electron chi connectivity index (χ0n) is 17.7. The van der Waals surface area contributed by atoms with E-state index < -0.39 is 5.91 Å². The predicted octanol–water partition coefficient (Wildman–Crippen LogP) is 4.78. The number of anilines is 2. The monoisotopic (exact) mass is 434 g/mol. The van der Waals surface area contributed by atoms with Crippen molar-refractivity contribution in [3.05, 3.63) is 75.6 Å². The Bertz CT molecular complexity index is 1200. The number of benzene rings is 2. The van der Waals surface area contributed by atoms with Crippen molar-refractivity contribution < 1.29 is 19.1 Å². The van der Waals surface area contributed by atoms with E-state index in [1.807, 2.05) is 43.5 Å². The maximum Gasteiger partial charge on any atom is 0.282 e. The molecular weight excluding hydrogens is 412 g/mol. The van der Waals surface area contributed by atoms with Crippen LogP contribution in [0, 0.1) is 13.8 Å². The first-order chi connectivity index (χ1) is 14.9. The summed E-state index contributed by atoms with van der Waals surface area (Å²) < 4.78 is 10.7. The summed E-state index contributed by atoms with van der Waals surface area (Å²) in [7, 11) is 3.11. The lowest BCUT2D eigenvalue weighted by atomic mass is 10.1. The van der Waals surface area contributed by atoms with Crippen molar-refractivity contribution >= 4 is 40.1 Å². The Morgan fingerprint density at radius 3 is 2.35 bits per heavy atom. The normalized spacial score (nSPS) is 13.7. The molecule has 0 saturated heterocycles. The van der Waals surface area contributed by atoms with E-state index in [2.05, 4.69) is 5.32 Å². The summed E-state index contributed by atoms with van der Waals surface area (Å²) in [4.78, 5) is 28.9. The van der Waals surface area contributed by atoms with Crippen LogP contribution in [0.15, 0.2) is 59.6 Å². The second-order valence-corrected chi connectivity index (χ2v) is 8.08. The number of aryl methyl sites for hydroxylation is 2. The third-order valence-electron chi connectivity index (χ3n) is 5.27. The molecule has 1 N–H and O–H groups in total. The zero-order valence-corrected chi connectivity index (χ0v) is 18.5. The Morgan fingerprint density at radius 2 is 1.71 bits per heavy atom. The van der Waals surface area contributed by atoms with Crippen molar-refractivity contribution in [3.63, 3.8) is 0 Å². The van der Waals surface area contributed by atoms with Crippen LogP contribution in [-0.4, -0.2) is 26.0 Å². The first kappa shape index (κ1) is 20.7. The Labute approximate surface area is 184 Å². The zero-order chi connectivity index (χ0) is 22.1. The Balaban J connectivity index is 1.82. The van der Waals surface area contributed by atoms with Gasteiger partial charge >= 0.3 is 0 Å². The number of hydrogen-bond donors (Lipinski definition) is 1. The van der Waals surface area contributed by atoms with Crippen LogP contribution >= 0.6 is 11.3 Å². The van der Waals surface area contributed by atoms with E-state index in [1.165, 1.54) is 16.2 Å². The van der Waals surface area contributed by atoms with Crippen molar-refractivity contribution in [3.8, 4) is 11.5 Å². The molecule has 2 amide bonds. The molecule has 0 bridgehead atoms. The molecule has 2 heterocycles. The maximum atomic E-state index is 13.5. The SMILES string of the molecule is COc1ccc(OC)c(NC2=C(c3cccs3)C(=O)N(c3ccc(C)c(C)c3)C2=O)c1. The quantitative estimate of drug-likeness (QED) is 0.566. The molecule has 158 valence electrons. The average Bonchev–Trinajstić information content (AvgIpc) is 3.37. The predicted molar refractivity (Wildman–Crippen MR) is 123 cm³/mol. The van der Waals surface area contributed by atoms with Gasteiger partial charge in [-0.2, -0.15) is 0 Å². The molecular formula is C24H22N2O4S. The molecule has 0 unspecified atom stereocenters. The first-order valence-electron chi connectivity index (χ1n) is 9.68. The lowest BCUT2D eigenvalue weighted by molar-refractivity contribution is -0.120. The van der Waals surface area contributed by atoms with E-state index in [0.717, 1.165) is 11.1 Å². The fraction of sp³-hybridized carbons (Fsp3) is 0.167. The van der Waals surface area contributed by atoms with Crippen LogP contribution in [0.5, 0.6) is 11.5 Å². The Morgan fingerprint density at radius 1 is 0.903 bits per heavy atom. The van der Waals surface area contributed by atoms with E-state index in [4.69, 9.17) is 9.47 Å². The van der Waals surface area contributed by atoms with E-state index >= 15 is 0 Å². The van der Waals surface area contributed by atoms with Gasteiger partial charge in [0.15, 0.2) is 0 Å². The van der Waals surface area contributed by atoms with Crippen LogP contribution < -0.4 is 19.7 Å². The summed E-state index contributed by atoms with van der Waals surface area (Å²) in [5.74, 6) is 0.356. The molecule has 31 heavy (non-hydrogen) atoms. The third kappa shape index (κ3) is 3.68. The summed E-state index contributed by atoms with van der Waals surface area (Å²) in [5.41, 5.74) is 3.72. The molecule has 0 fully saturated rings. The summed E-state index contributed by atoms with van der Waals surface area (Å²) in [6.07, 6.45) is 0. The van der Waals surface area contributed by atoms with Gasteiger partial charge in [-0.3, -0.25) is 9.59 Å². The number of amides is 2. The molecule has 4 rings (SSSR count). The van der Waals surface area contributed by atoms with Crippen LogP contribution in [0.4, 0.5) is 11.4 Å². The number of hydrogen-bond acceptors (Lipinski definition) is 6. The molecule has 0 atom stereocenters. The van der Waals surface area contributed by atoms with Gasteiger partial charge in [0.05, 0.1) is 31.2 Å². The largest absolute Gasteiger partial charge is 0.497 e. The van der Waals surface area contributed by atoms with Gasteiger partial charge in [-0.25, -0.2) is 4.90 Å². The molecule has 1 aliphatic rings. The number of rotatable bonds is 6. The second kappa shape index (κ2) is 8.28. The standard InChI is InChI=1S/C24H22N2O4S/c1-14-7-8-16(12-15(14)2)26-23(27)21(20-6-5-11-31-20)22(24(26)28)25-18-13-17(29-3)9-10-19(18)30-4/h5-13,25H,1-4H3. The molecule has 1 aromatic heterocycles. The summed E-state index contributed by atoms with van der Waals surface area (Å²) in [5, 5.41) is 5.03. The lowest BCUT2D eigenvalue weighted by Gasteiger charge is -2.17. The average molecular weight is 435 g/mol. The topological polar surface area (TPSA) is 67.9 Å². The number of methoxy groups -OCH3 is 2. The van der Waals surface area contributed by atoms with Crippen LogP contribution in [-0.2, 0) is 9.59 Å². The first-order valence-corrected chi connectivity index (χ1v) is 10.6. The summed E-state index contributed by atoms with van der Waals surface area (Å²) >= 11 is 1.41. The number of nitrogens with one attached hydrogen (secondary N) is 1. The highest BCUT2D eigenvalue weighted by atomic mass is 32.1. The van der Waals surface area contributed by atoms with Gasteiger partial charge in [-0.15, -0.1) is 11.3 Å². The fourth-order valence-corrected chi connectivity index (χ4v) is 4.21. The van der Waals surface area contributed by atoms with E-state index in [1.54, 1.807) is 38.5 Å². The van der Waals surface area contributed by atoms with Crippen molar-refractivity contribution in [2.24, 2.45) is 0 Å². The minimum Gasteiger partial charge on any atom is -0.497 e. The molecule has 7 heteroatoms. The van der Waals surface area contributed by atoms with Gasteiger partial charge < -0.3 is 14.8 Å². The maximum absolute atomic E-state index is 13.5. The van der Waals surface area contributed by atoms with Gasteiger partial charge in [0.1, 0.15) is 17.2 Å². The van der Waals surface area contributed by atoms with Crippen molar-refractivity contribution in [2.45, 2.75) is 13.8 Å². The van der Waals surface area contributed by atoms with E-state index in [-0.39, 0.29) is 11.6 Å². The highest BCUT2D eigenvalue weighted by Gasteiger charge is 2.41. The van der Waals surface area contributed by atoms with Crippen molar-refractivity contribution in [1.29, 1.82) is 0 Å². The highest BCUT2D eigenvalue weighted by molar-refractivity contribution is 7.11. The number of carbonyl (C=O) groups excluding carboxylic acids is 2. The Kier molecular flexibility index (Phi) is 5.52. The second-order valence-electron chi connectivity index (χ2n) is 7.13.